The fourth-order valence-corrected chi connectivity index (χ4v) is 4.94. The minimum Gasteiger partial charge on any atom is -1.00 e. The second-order valence-corrected chi connectivity index (χ2v) is 8.37. The summed E-state index contributed by atoms with van der Waals surface area (Å²) in [5.74, 6) is 0. The van der Waals surface area contributed by atoms with Crippen LogP contribution in [-0.4, -0.2) is 9.55 Å². The van der Waals surface area contributed by atoms with Gasteiger partial charge in [-0.1, -0.05) is 97.1 Å². The van der Waals surface area contributed by atoms with Gasteiger partial charge in [-0.2, -0.15) is 0 Å². The predicted molar refractivity (Wildman–Crippen MR) is 125 cm³/mol. The topological polar surface area (TPSA) is 17.8 Å². The van der Waals surface area contributed by atoms with E-state index in [1.54, 1.807) is 11.3 Å². The van der Waals surface area contributed by atoms with E-state index >= 15 is 0 Å². The maximum absolute atomic E-state index is 4.80. The van der Waals surface area contributed by atoms with Crippen molar-refractivity contribution in [2.24, 2.45) is 0 Å². The van der Waals surface area contributed by atoms with Gasteiger partial charge in [-0.05, 0) is 28.1 Å². The largest absolute Gasteiger partial charge is 1.00 e. The minimum atomic E-state index is -0.496. The van der Waals surface area contributed by atoms with Crippen molar-refractivity contribution in [3.63, 3.8) is 0 Å². The number of hydrogen-bond donors (Lipinski definition) is 0. The fraction of sp³-hybridized carbons (Fsp3) is 0.0741. The molecule has 0 saturated heterocycles. The summed E-state index contributed by atoms with van der Waals surface area (Å²) in [6, 6.07) is 36.4. The molecule has 31 heavy (non-hydrogen) atoms. The Morgan fingerprint density at radius 3 is 1.68 bits per heavy atom. The van der Waals surface area contributed by atoms with Crippen molar-refractivity contribution >= 4 is 11.3 Å². The average Bonchev–Trinajstić information content (AvgIpc) is 3.50. The molecule has 0 unspecified atom stereocenters. The Morgan fingerprint density at radius 2 is 1.23 bits per heavy atom. The number of nitrogens with zero attached hydrogens (tertiary/aromatic N) is 2. The molecule has 0 amide bonds. The molecule has 148 valence electrons. The normalized spacial score (nSPS) is 11.1. The molecule has 0 aliphatic carbocycles. The molecule has 0 bridgehead atoms. The van der Waals surface area contributed by atoms with Gasteiger partial charge in [-0.25, -0.2) is 4.98 Å². The van der Waals surface area contributed by atoms with Gasteiger partial charge in [-0.3, -0.25) is 0 Å². The Hall–Kier alpha value is -2.43. The van der Waals surface area contributed by atoms with Gasteiger partial charge < -0.3 is 5.99 Å². The first-order chi connectivity index (χ1) is 14.9. The van der Waals surface area contributed by atoms with E-state index in [1.807, 2.05) is 6.33 Å². The zero-order valence-electron chi connectivity index (χ0n) is 18.6. The summed E-state index contributed by atoms with van der Waals surface area (Å²) in [7, 11) is 0. The van der Waals surface area contributed by atoms with E-state index in [-0.39, 0.29) is 31.0 Å². The van der Waals surface area contributed by atoms with E-state index in [1.165, 1.54) is 21.6 Å². The smallest absolute Gasteiger partial charge is 1.00 e. The summed E-state index contributed by atoms with van der Waals surface area (Å²) < 4.78 is 2.27. The molecule has 4 heteroatoms. The Labute approximate surface area is 211 Å². The Kier molecular flexibility index (Phi) is 6.89. The van der Waals surface area contributed by atoms with E-state index in [4.69, 9.17) is 4.98 Å². The van der Waals surface area contributed by atoms with Crippen molar-refractivity contribution in [3.05, 3.63) is 148 Å². The van der Waals surface area contributed by atoms with Crippen molar-refractivity contribution < 1.29 is 31.0 Å². The maximum atomic E-state index is 4.80. The molecule has 5 rings (SSSR count). The molecule has 2 nitrogen and oxygen atoms in total. The quantitative estimate of drug-likeness (QED) is 0.298. The number of aromatic nitrogens is 2. The zero-order valence-corrected chi connectivity index (χ0v) is 20.4. The third-order valence-corrected chi connectivity index (χ3v) is 6.41. The molecule has 0 saturated carbocycles. The van der Waals surface area contributed by atoms with Crippen LogP contribution in [-0.2, 0) is 12.0 Å². The van der Waals surface area contributed by atoms with Crippen LogP contribution in [0.5, 0.6) is 0 Å². The van der Waals surface area contributed by atoms with Gasteiger partial charge in [-0.15, -0.1) is 11.3 Å². The summed E-state index contributed by atoms with van der Waals surface area (Å²) in [4.78, 5) is 6.13. The Balaban J connectivity index is 0.00000144. The van der Waals surface area contributed by atoms with Gasteiger partial charge in [0.2, 0.25) is 0 Å². The van der Waals surface area contributed by atoms with Gasteiger partial charge >= 0.3 is 29.6 Å². The van der Waals surface area contributed by atoms with E-state index in [0.717, 1.165) is 12.1 Å². The molecule has 0 N–H and O–H groups in total. The predicted octanol–water partition coefficient (Wildman–Crippen LogP) is 3.49. The molecule has 2 heterocycles. The summed E-state index contributed by atoms with van der Waals surface area (Å²) in [6.45, 7) is 0. The van der Waals surface area contributed by atoms with E-state index in [0.29, 0.717) is 0 Å². The standard InChI is InChI=1S/C27H22N2S.Na.H/c1-4-11-22(12-5-1)27(23-13-6-2-7-14-23,24-15-8-3-9-16-24)29-20-25(28-21-29)19-26-17-10-18-30-26;;/h1-18,20-21H,19H2;;/q;+1;-1. The van der Waals surface area contributed by atoms with Crippen molar-refractivity contribution in [2.45, 2.75) is 12.0 Å². The van der Waals surface area contributed by atoms with Crippen molar-refractivity contribution in [3.8, 4) is 0 Å². The number of imidazole rings is 1. The van der Waals surface area contributed by atoms with Crippen LogP contribution < -0.4 is 29.6 Å². The summed E-state index contributed by atoms with van der Waals surface area (Å²) in [5.41, 5.74) is 4.21. The van der Waals surface area contributed by atoms with Crippen LogP contribution in [0.3, 0.4) is 0 Å². The number of rotatable bonds is 6. The fourth-order valence-electron chi connectivity index (χ4n) is 4.22. The first-order valence-corrected chi connectivity index (χ1v) is 11.0. The number of thiophene rings is 1. The van der Waals surface area contributed by atoms with Crippen LogP contribution in [0.4, 0.5) is 0 Å². The molecule has 0 spiro atoms. The second-order valence-electron chi connectivity index (χ2n) is 7.34. The zero-order chi connectivity index (χ0) is 20.2. The SMILES string of the molecule is [H-].[Na+].c1ccc(C(c2ccccc2)(c2ccccc2)n2cnc(Cc3cccs3)c2)cc1. The molecule has 5 aromatic rings. The first-order valence-electron chi connectivity index (χ1n) is 10.1. The molecule has 0 atom stereocenters. The molecule has 3 aromatic carbocycles. The van der Waals surface area contributed by atoms with Crippen LogP contribution >= 0.6 is 11.3 Å². The second kappa shape index (κ2) is 9.80. The van der Waals surface area contributed by atoms with Crippen LogP contribution in [0.1, 0.15) is 28.7 Å². The van der Waals surface area contributed by atoms with Crippen LogP contribution in [0.2, 0.25) is 0 Å². The molecule has 0 aliphatic rings. The average molecular weight is 431 g/mol. The Bertz CT molecular complexity index is 1110. The van der Waals surface area contributed by atoms with Crippen molar-refractivity contribution in [2.75, 3.05) is 0 Å². The number of hydrogen-bond acceptors (Lipinski definition) is 2. The van der Waals surface area contributed by atoms with Crippen LogP contribution in [0.15, 0.2) is 121 Å². The van der Waals surface area contributed by atoms with Crippen molar-refractivity contribution in [1.29, 1.82) is 0 Å². The molecular formula is C27H23N2NaS. The number of benzene rings is 3. The van der Waals surface area contributed by atoms with Gasteiger partial charge in [0.25, 0.3) is 0 Å². The monoisotopic (exact) mass is 430 g/mol. The van der Waals surface area contributed by atoms with Gasteiger partial charge in [0.15, 0.2) is 0 Å². The summed E-state index contributed by atoms with van der Waals surface area (Å²) >= 11 is 1.77. The maximum Gasteiger partial charge on any atom is 1.00 e. The van der Waals surface area contributed by atoms with Crippen LogP contribution in [0, 0.1) is 0 Å². The first kappa shape index (κ1) is 21.8. The molecule has 2 aromatic heterocycles. The van der Waals surface area contributed by atoms with E-state index in [2.05, 4.69) is 119 Å². The van der Waals surface area contributed by atoms with Gasteiger partial charge in [0.1, 0.15) is 5.54 Å². The minimum absolute atomic E-state index is 0. The molecule has 0 radical (unpaired) electrons. The van der Waals surface area contributed by atoms with Crippen molar-refractivity contribution in [1.82, 2.24) is 9.55 Å². The Morgan fingerprint density at radius 1 is 0.710 bits per heavy atom. The summed E-state index contributed by atoms with van der Waals surface area (Å²) in [6.07, 6.45) is 5.03. The van der Waals surface area contributed by atoms with Gasteiger partial charge in [0.05, 0.1) is 12.0 Å². The third-order valence-electron chi connectivity index (χ3n) is 5.53. The van der Waals surface area contributed by atoms with E-state index < -0.39 is 5.54 Å². The molecule has 0 aliphatic heterocycles. The molecular weight excluding hydrogens is 407 g/mol. The van der Waals surface area contributed by atoms with Crippen LogP contribution in [0.25, 0.3) is 0 Å². The third kappa shape index (κ3) is 4.19. The molecule has 0 fully saturated rings. The van der Waals surface area contributed by atoms with Gasteiger partial charge in [0, 0.05) is 17.5 Å². The van der Waals surface area contributed by atoms with E-state index in [9.17, 15) is 0 Å². The summed E-state index contributed by atoms with van der Waals surface area (Å²) in [5, 5.41) is 2.12.